The van der Waals surface area contributed by atoms with Gasteiger partial charge in [-0.15, -0.1) is 5.10 Å². The Morgan fingerprint density at radius 2 is 1.85 bits per heavy atom. The minimum atomic E-state index is 0.529. The fraction of sp³-hybridized carbons (Fsp3) is 0.240. The lowest BCUT2D eigenvalue weighted by Gasteiger charge is -2.13. The number of benzene rings is 3. The summed E-state index contributed by atoms with van der Waals surface area (Å²) in [6, 6.07) is 24.1. The van der Waals surface area contributed by atoms with Gasteiger partial charge in [0.2, 0.25) is 5.16 Å². The van der Waals surface area contributed by atoms with Crippen molar-refractivity contribution < 1.29 is 4.74 Å². The van der Waals surface area contributed by atoms with E-state index >= 15 is 0 Å². The van der Waals surface area contributed by atoms with Gasteiger partial charge in [0.1, 0.15) is 12.4 Å². The van der Waals surface area contributed by atoms with E-state index in [9.17, 15) is 0 Å². The van der Waals surface area contributed by atoms with Crippen molar-refractivity contribution in [3.05, 3.63) is 94.5 Å². The van der Waals surface area contributed by atoms with Crippen LogP contribution in [0.2, 0.25) is 5.02 Å². The first kappa shape index (κ1) is 23.3. The second-order valence-electron chi connectivity index (χ2n) is 7.61. The van der Waals surface area contributed by atoms with Crippen LogP contribution in [0.15, 0.2) is 78.0 Å². The lowest BCUT2D eigenvalue weighted by Crippen LogP contribution is -2.16. The van der Waals surface area contributed by atoms with Crippen LogP contribution in [0.1, 0.15) is 23.1 Å². The van der Waals surface area contributed by atoms with E-state index in [-0.39, 0.29) is 0 Å². The Bertz CT molecular complexity index is 1150. The molecule has 6 nitrogen and oxygen atoms in total. The maximum Gasteiger partial charge on any atom is 0.214 e. The van der Waals surface area contributed by atoms with Crippen LogP contribution in [-0.2, 0) is 13.2 Å². The number of halogens is 1. The van der Waals surface area contributed by atoms with Crippen molar-refractivity contribution in [2.24, 2.45) is 0 Å². The topological polar surface area (TPSA) is 64.9 Å². The Morgan fingerprint density at radius 1 is 1.03 bits per heavy atom. The first-order valence-corrected chi connectivity index (χ1v) is 12.2. The Labute approximate surface area is 203 Å². The molecular formula is C25H26ClN5OS. The average molecular weight is 480 g/mol. The summed E-state index contributed by atoms with van der Waals surface area (Å²) in [5.74, 6) is 1.76. The van der Waals surface area contributed by atoms with Crippen LogP contribution in [-0.4, -0.2) is 32.5 Å². The summed E-state index contributed by atoms with van der Waals surface area (Å²) < 4.78 is 7.84. The van der Waals surface area contributed by atoms with E-state index in [4.69, 9.17) is 16.3 Å². The molecule has 3 aromatic carbocycles. The van der Waals surface area contributed by atoms with Crippen LogP contribution in [0, 0.1) is 6.92 Å². The SMILES string of the molecule is Cc1ccc(COc2ccc(Cl)cc2CNCCCSc2nnnn2-c2ccccc2)cc1. The van der Waals surface area contributed by atoms with Crippen LogP contribution in [0.4, 0.5) is 0 Å². The number of nitrogens with one attached hydrogen (secondary N) is 1. The van der Waals surface area contributed by atoms with Gasteiger partial charge in [0.15, 0.2) is 0 Å². The van der Waals surface area contributed by atoms with Gasteiger partial charge in [-0.05, 0) is 66.2 Å². The summed E-state index contributed by atoms with van der Waals surface area (Å²) in [6.07, 6.45) is 0.979. The molecule has 8 heteroatoms. The molecule has 0 bridgehead atoms. The minimum absolute atomic E-state index is 0.529. The summed E-state index contributed by atoms with van der Waals surface area (Å²) in [5, 5.41) is 17.0. The molecule has 1 N–H and O–H groups in total. The molecule has 0 saturated carbocycles. The second-order valence-corrected chi connectivity index (χ2v) is 9.11. The van der Waals surface area contributed by atoms with E-state index in [1.54, 1.807) is 16.4 Å². The molecule has 0 radical (unpaired) electrons. The van der Waals surface area contributed by atoms with Gasteiger partial charge in [-0.2, -0.15) is 4.68 Å². The first-order chi connectivity index (χ1) is 16.2. The molecule has 0 aliphatic carbocycles. The zero-order valence-corrected chi connectivity index (χ0v) is 20.0. The molecule has 4 rings (SSSR count). The van der Waals surface area contributed by atoms with Crippen molar-refractivity contribution in [2.45, 2.75) is 31.7 Å². The third kappa shape index (κ3) is 6.81. The highest BCUT2D eigenvalue weighted by atomic mass is 35.5. The van der Waals surface area contributed by atoms with E-state index in [2.05, 4.69) is 52.0 Å². The van der Waals surface area contributed by atoms with Gasteiger partial charge in [-0.1, -0.05) is 71.4 Å². The third-order valence-electron chi connectivity index (χ3n) is 5.02. The molecule has 0 fully saturated rings. The number of tetrazole rings is 1. The van der Waals surface area contributed by atoms with Crippen molar-refractivity contribution in [3.63, 3.8) is 0 Å². The van der Waals surface area contributed by atoms with Crippen LogP contribution >= 0.6 is 23.4 Å². The van der Waals surface area contributed by atoms with Gasteiger partial charge in [-0.3, -0.25) is 0 Å². The predicted octanol–water partition coefficient (Wildman–Crippen LogP) is 5.48. The maximum atomic E-state index is 6.23. The van der Waals surface area contributed by atoms with Crippen LogP contribution < -0.4 is 10.1 Å². The second kappa shape index (κ2) is 11.8. The van der Waals surface area contributed by atoms with Crippen molar-refractivity contribution in [2.75, 3.05) is 12.3 Å². The van der Waals surface area contributed by atoms with E-state index in [0.717, 1.165) is 46.4 Å². The largest absolute Gasteiger partial charge is 0.489 e. The number of aromatic nitrogens is 4. The number of hydrogen-bond acceptors (Lipinski definition) is 6. The summed E-state index contributed by atoms with van der Waals surface area (Å²) in [4.78, 5) is 0. The van der Waals surface area contributed by atoms with E-state index in [1.165, 1.54) is 5.56 Å². The summed E-state index contributed by atoms with van der Waals surface area (Å²) >= 11 is 7.88. The zero-order chi connectivity index (χ0) is 22.9. The van der Waals surface area contributed by atoms with Crippen LogP contribution in [0.5, 0.6) is 5.75 Å². The smallest absolute Gasteiger partial charge is 0.214 e. The molecule has 0 aliphatic rings. The highest BCUT2D eigenvalue weighted by Gasteiger charge is 2.09. The molecule has 170 valence electrons. The number of nitrogens with zero attached hydrogens (tertiary/aromatic N) is 4. The molecule has 4 aromatic rings. The monoisotopic (exact) mass is 479 g/mol. The van der Waals surface area contributed by atoms with Gasteiger partial charge in [0, 0.05) is 22.9 Å². The zero-order valence-electron chi connectivity index (χ0n) is 18.4. The van der Waals surface area contributed by atoms with Gasteiger partial charge < -0.3 is 10.1 Å². The molecule has 0 saturated heterocycles. The lowest BCUT2D eigenvalue weighted by molar-refractivity contribution is 0.302. The van der Waals surface area contributed by atoms with Crippen molar-refractivity contribution in [3.8, 4) is 11.4 Å². The van der Waals surface area contributed by atoms with E-state index in [0.29, 0.717) is 18.2 Å². The standard InChI is InChI=1S/C25H26ClN5OS/c1-19-8-10-20(11-9-19)18-32-24-13-12-22(26)16-21(24)17-27-14-5-15-33-25-28-29-30-31(25)23-6-3-2-4-7-23/h2-4,6-13,16,27H,5,14-15,17-18H2,1H3. The fourth-order valence-corrected chi connectivity index (χ4v) is 4.28. The molecular weight excluding hydrogens is 454 g/mol. The Balaban J connectivity index is 1.23. The van der Waals surface area contributed by atoms with Gasteiger partial charge in [0.25, 0.3) is 0 Å². The average Bonchev–Trinajstić information content (AvgIpc) is 3.31. The number of para-hydroxylation sites is 1. The van der Waals surface area contributed by atoms with Gasteiger partial charge in [0.05, 0.1) is 5.69 Å². The molecule has 0 unspecified atom stereocenters. The maximum absolute atomic E-state index is 6.23. The molecule has 1 heterocycles. The van der Waals surface area contributed by atoms with Crippen LogP contribution in [0.25, 0.3) is 5.69 Å². The molecule has 1 aromatic heterocycles. The Kier molecular flexibility index (Phi) is 8.35. The minimum Gasteiger partial charge on any atom is -0.489 e. The summed E-state index contributed by atoms with van der Waals surface area (Å²) in [5.41, 5.74) is 4.40. The Morgan fingerprint density at radius 3 is 2.67 bits per heavy atom. The molecule has 0 spiro atoms. The van der Waals surface area contributed by atoms with Gasteiger partial charge >= 0.3 is 0 Å². The number of hydrogen-bond donors (Lipinski definition) is 1. The van der Waals surface area contributed by atoms with Crippen molar-refractivity contribution >= 4 is 23.4 Å². The summed E-state index contributed by atoms with van der Waals surface area (Å²) in [7, 11) is 0. The third-order valence-corrected chi connectivity index (χ3v) is 6.26. The first-order valence-electron chi connectivity index (χ1n) is 10.8. The predicted molar refractivity (Wildman–Crippen MR) is 133 cm³/mol. The number of rotatable bonds is 11. The fourth-order valence-electron chi connectivity index (χ4n) is 3.26. The molecule has 0 atom stereocenters. The molecule has 0 aliphatic heterocycles. The quantitative estimate of drug-likeness (QED) is 0.227. The van der Waals surface area contributed by atoms with Crippen molar-refractivity contribution in [1.82, 2.24) is 25.5 Å². The molecule has 33 heavy (non-hydrogen) atoms. The summed E-state index contributed by atoms with van der Waals surface area (Å²) in [6.45, 7) is 4.17. The highest BCUT2D eigenvalue weighted by molar-refractivity contribution is 7.99. The van der Waals surface area contributed by atoms with Crippen molar-refractivity contribution in [1.29, 1.82) is 0 Å². The Hall–Kier alpha value is -2.87. The number of aryl methyl sites for hydroxylation is 1. The lowest BCUT2D eigenvalue weighted by atomic mass is 10.1. The van der Waals surface area contributed by atoms with E-state index < -0.39 is 0 Å². The van der Waals surface area contributed by atoms with Crippen LogP contribution in [0.3, 0.4) is 0 Å². The normalized spacial score (nSPS) is 11.0. The molecule has 0 amide bonds. The highest BCUT2D eigenvalue weighted by Crippen LogP contribution is 2.24. The number of thioether (sulfide) groups is 1. The number of ether oxygens (including phenoxy) is 1. The van der Waals surface area contributed by atoms with E-state index in [1.807, 2.05) is 48.5 Å². The van der Waals surface area contributed by atoms with Gasteiger partial charge in [-0.25, -0.2) is 0 Å².